The van der Waals surface area contributed by atoms with Crippen LogP contribution in [0, 0.1) is 5.92 Å². The van der Waals surface area contributed by atoms with Crippen molar-refractivity contribution >= 4 is 5.91 Å². The van der Waals surface area contributed by atoms with Crippen molar-refractivity contribution in [2.45, 2.75) is 51.1 Å². The molecular formula is C13H27N3O. The Kier molecular flexibility index (Phi) is 4.95. The number of carbonyl (C=O) groups is 1. The van der Waals surface area contributed by atoms with Crippen LogP contribution in [0.2, 0.25) is 0 Å². The molecule has 0 radical (unpaired) electrons. The van der Waals surface area contributed by atoms with Gasteiger partial charge in [-0.2, -0.15) is 0 Å². The lowest BCUT2D eigenvalue weighted by Crippen LogP contribution is -2.59. The van der Waals surface area contributed by atoms with Gasteiger partial charge in [0, 0.05) is 12.1 Å². The Morgan fingerprint density at radius 2 is 2.06 bits per heavy atom. The predicted molar refractivity (Wildman–Crippen MR) is 70.7 cm³/mol. The van der Waals surface area contributed by atoms with Gasteiger partial charge in [-0.15, -0.1) is 0 Å². The molecule has 1 aliphatic rings. The van der Waals surface area contributed by atoms with Crippen LogP contribution in [0.3, 0.4) is 0 Å². The first-order valence-electron chi connectivity index (χ1n) is 6.63. The van der Waals surface area contributed by atoms with E-state index in [-0.39, 0.29) is 23.4 Å². The molecule has 2 atom stereocenters. The third-order valence-electron chi connectivity index (χ3n) is 4.38. The van der Waals surface area contributed by atoms with Gasteiger partial charge < -0.3 is 16.0 Å². The fourth-order valence-corrected chi connectivity index (χ4v) is 2.25. The first-order chi connectivity index (χ1) is 7.93. The molecule has 0 bridgehead atoms. The van der Waals surface area contributed by atoms with E-state index >= 15 is 0 Å². The van der Waals surface area contributed by atoms with E-state index in [1.807, 2.05) is 6.92 Å². The summed E-state index contributed by atoms with van der Waals surface area (Å²) in [5.74, 6) is 0.235. The number of rotatable bonds is 6. The van der Waals surface area contributed by atoms with Crippen LogP contribution in [-0.2, 0) is 4.79 Å². The van der Waals surface area contributed by atoms with Gasteiger partial charge in [0.25, 0.3) is 0 Å². The maximum absolute atomic E-state index is 11.9. The quantitative estimate of drug-likeness (QED) is 0.728. The van der Waals surface area contributed by atoms with E-state index in [1.54, 1.807) is 0 Å². The van der Waals surface area contributed by atoms with Crippen molar-refractivity contribution in [3.8, 4) is 0 Å². The summed E-state index contributed by atoms with van der Waals surface area (Å²) in [6.07, 6.45) is 4.52. The number of nitrogens with two attached hydrogens (primary N) is 1. The number of nitrogens with zero attached hydrogens (tertiary/aromatic N) is 1. The number of likely N-dealkylation sites (N-methyl/N-ethyl adjacent to an activating group) is 1. The number of carbonyl (C=O) groups excluding carboxylic acids is 1. The smallest absolute Gasteiger partial charge is 0.237 e. The molecule has 4 heteroatoms. The highest BCUT2D eigenvalue weighted by molar-refractivity contribution is 5.81. The van der Waals surface area contributed by atoms with Gasteiger partial charge in [-0.3, -0.25) is 4.79 Å². The molecule has 17 heavy (non-hydrogen) atoms. The van der Waals surface area contributed by atoms with Gasteiger partial charge in [-0.25, -0.2) is 0 Å². The van der Waals surface area contributed by atoms with Crippen LogP contribution >= 0.6 is 0 Å². The summed E-state index contributed by atoms with van der Waals surface area (Å²) in [6.45, 7) is 4.81. The molecule has 0 heterocycles. The van der Waals surface area contributed by atoms with E-state index in [2.05, 4.69) is 31.2 Å². The first kappa shape index (κ1) is 14.5. The second kappa shape index (κ2) is 5.83. The maximum Gasteiger partial charge on any atom is 0.237 e. The van der Waals surface area contributed by atoms with E-state index in [0.717, 1.165) is 13.0 Å². The van der Waals surface area contributed by atoms with Crippen molar-refractivity contribution in [2.75, 3.05) is 20.6 Å². The summed E-state index contributed by atoms with van der Waals surface area (Å²) < 4.78 is 0. The molecule has 0 aliphatic heterocycles. The van der Waals surface area contributed by atoms with Gasteiger partial charge in [-0.05, 0) is 39.3 Å². The molecule has 1 rings (SSSR count). The summed E-state index contributed by atoms with van der Waals surface area (Å²) in [7, 11) is 4.17. The van der Waals surface area contributed by atoms with Crippen molar-refractivity contribution in [3.05, 3.63) is 0 Å². The lowest BCUT2D eigenvalue weighted by molar-refractivity contribution is -0.124. The highest BCUT2D eigenvalue weighted by Crippen LogP contribution is 2.35. The average Bonchev–Trinajstić information content (AvgIpc) is 2.24. The van der Waals surface area contributed by atoms with Gasteiger partial charge in [0.1, 0.15) is 0 Å². The molecule has 0 spiro atoms. The molecular weight excluding hydrogens is 214 g/mol. The molecule has 100 valence electrons. The number of hydrogen-bond acceptors (Lipinski definition) is 3. The standard InChI is InChI=1S/C13H27N3O/c1-5-10(2)11(14)12(17)15-9-13(16(3)4)7-6-8-13/h10-11H,5-9,14H2,1-4H3,(H,15,17). The minimum atomic E-state index is -0.376. The minimum Gasteiger partial charge on any atom is -0.353 e. The van der Waals surface area contributed by atoms with Gasteiger partial charge in [0.15, 0.2) is 0 Å². The Hall–Kier alpha value is -0.610. The minimum absolute atomic E-state index is 0.00697. The third kappa shape index (κ3) is 3.19. The molecule has 4 nitrogen and oxygen atoms in total. The third-order valence-corrected chi connectivity index (χ3v) is 4.38. The zero-order chi connectivity index (χ0) is 13.1. The summed E-state index contributed by atoms with van der Waals surface area (Å²) in [5, 5.41) is 3.02. The van der Waals surface area contributed by atoms with E-state index in [1.165, 1.54) is 19.3 Å². The summed E-state index contributed by atoms with van der Waals surface area (Å²) in [4.78, 5) is 14.1. The molecule has 0 aromatic carbocycles. The summed E-state index contributed by atoms with van der Waals surface area (Å²) in [6, 6.07) is -0.376. The Morgan fingerprint density at radius 3 is 2.41 bits per heavy atom. The first-order valence-corrected chi connectivity index (χ1v) is 6.63. The molecule has 1 aliphatic carbocycles. The molecule has 0 aromatic rings. The fraction of sp³-hybridized carbons (Fsp3) is 0.923. The van der Waals surface area contributed by atoms with Crippen molar-refractivity contribution in [1.29, 1.82) is 0 Å². The zero-order valence-electron chi connectivity index (χ0n) is 11.6. The topological polar surface area (TPSA) is 58.4 Å². The van der Waals surface area contributed by atoms with E-state index in [4.69, 9.17) is 5.73 Å². The second-order valence-electron chi connectivity index (χ2n) is 5.60. The van der Waals surface area contributed by atoms with E-state index < -0.39 is 0 Å². The molecule has 1 amide bonds. The van der Waals surface area contributed by atoms with Crippen LogP contribution in [0.1, 0.15) is 39.5 Å². The molecule has 2 unspecified atom stereocenters. The molecule has 1 fully saturated rings. The number of amides is 1. The maximum atomic E-state index is 11.9. The van der Waals surface area contributed by atoms with Crippen molar-refractivity contribution in [1.82, 2.24) is 10.2 Å². The van der Waals surface area contributed by atoms with Crippen LogP contribution in [0.25, 0.3) is 0 Å². The predicted octanol–water partition coefficient (Wildman–Crippen LogP) is 0.960. The lowest BCUT2D eigenvalue weighted by atomic mass is 9.75. The Bertz CT molecular complexity index is 261. The molecule has 0 saturated heterocycles. The zero-order valence-corrected chi connectivity index (χ0v) is 11.6. The van der Waals surface area contributed by atoms with Gasteiger partial charge in [-0.1, -0.05) is 20.3 Å². The van der Waals surface area contributed by atoms with Crippen molar-refractivity contribution < 1.29 is 4.79 Å². The normalized spacial score (nSPS) is 21.8. The van der Waals surface area contributed by atoms with Crippen LogP contribution in [0.15, 0.2) is 0 Å². The van der Waals surface area contributed by atoms with Gasteiger partial charge in [0.05, 0.1) is 6.04 Å². The van der Waals surface area contributed by atoms with Crippen LogP contribution < -0.4 is 11.1 Å². The van der Waals surface area contributed by atoms with Crippen molar-refractivity contribution in [2.24, 2.45) is 11.7 Å². The fourth-order valence-electron chi connectivity index (χ4n) is 2.25. The lowest BCUT2D eigenvalue weighted by Gasteiger charge is -2.47. The number of nitrogens with one attached hydrogen (secondary N) is 1. The highest BCUT2D eigenvalue weighted by atomic mass is 16.2. The monoisotopic (exact) mass is 241 g/mol. The molecule has 3 N–H and O–H groups in total. The SMILES string of the molecule is CCC(C)C(N)C(=O)NCC1(N(C)C)CCC1. The molecule has 0 aromatic heterocycles. The van der Waals surface area contributed by atoms with Gasteiger partial charge >= 0.3 is 0 Å². The average molecular weight is 241 g/mol. The Balaban J connectivity index is 2.42. The Labute approximate surface area is 105 Å². The highest BCUT2D eigenvalue weighted by Gasteiger charge is 2.39. The summed E-state index contributed by atoms with van der Waals surface area (Å²) in [5.41, 5.74) is 6.08. The van der Waals surface area contributed by atoms with E-state index in [9.17, 15) is 4.79 Å². The van der Waals surface area contributed by atoms with Gasteiger partial charge in [0.2, 0.25) is 5.91 Å². The largest absolute Gasteiger partial charge is 0.353 e. The molecule has 1 saturated carbocycles. The van der Waals surface area contributed by atoms with Crippen LogP contribution in [0.5, 0.6) is 0 Å². The van der Waals surface area contributed by atoms with Crippen LogP contribution in [0.4, 0.5) is 0 Å². The van der Waals surface area contributed by atoms with Crippen LogP contribution in [-0.4, -0.2) is 43.0 Å². The van der Waals surface area contributed by atoms with Crippen molar-refractivity contribution in [3.63, 3.8) is 0 Å². The summed E-state index contributed by atoms with van der Waals surface area (Å²) >= 11 is 0. The second-order valence-corrected chi connectivity index (χ2v) is 5.60. The Morgan fingerprint density at radius 1 is 1.47 bits per heavy atom. The van der Waals surface area contributed by atoms with E-state index in [0.29, 0.717) is 0 Å². The number of hydrogen-bond donors (Lipinski definition) is 2.